The molecule has 0 saturated carbocycles. The van der Waals surface area contributed by atoms with Crippen LogP contribution in [0.25, 0.3) is 0 Å². The summed E-state index contributed by atoms with van der Waals surface area (Å²) in [5.41, 5.74) is 0.889. The van der Waals surface area contributed by atoms with Gasteiger partial charge in [0.1, 0.15) is 10.9 Å². The van der Waals surface area contributed by atoms with Gasteiger partial charge in [0.2, 0.25) is 16.9 Å². The van der Waals surface area contributed by atoms with E-state index in [1.807, 2.05) is 0 Å². The number of alkyl halides is 3. The van der Waals surface area contributed by atoms with Gasteiger partial charge in [-0.25, -0.2) is 4.98 Å². The van der Waals surface area contributed by atoms with Crippen molar-refractivity contribution in [2.45, 2.75) is 45.7 Å². The van der Waals surface area contributed by atoms with E-state index in [1.54, 1.807) is 13.8 Å². The molecule has 6 nitrogen and oxygen atoms in total. The van der Waals surface area contributed by atoms with Gasteiger partial charge in [-0.15, -0.1) is 0 Å². The van der Waals surface area contributed by atoms with Gasteiger partial charge in [0.25, 0.3) is 0 Å². The first kappa shape index (κ1) is 18.9. The standard InChI is InChI=1S/C13H15F3N4O2S/c1-3-5-9(21)19-20(10(22)6-4-2)12-18-11(13(14,15)16)8(7-17)23-12/h3-6H2,1-2H3,(H,19,21). The highest BCUT2D eigenvalue weighted by Crippen LogP contribution is 2.36. The monoisotopic (exact) mass is 348 g/mol. The third-order valence-corrected chi connectivity index (χ3v) is 3.55. The van der Waals surface area contributed by atoms with Crippen LogP contribution < -0.4 is 10.4 Å². The lowest BCUT2D eigenvalue weighted by atomic mass is 10.3. The topological polar surface area (TPSA) is 86.1 Å². The minimum absolute atomic E-state index is 0.0230. The van der Waals surface area contributed by atoms with E-state index in [2.05, 4.69) is 10.4 Å². The fourth-order valence-corrected chi connectivity index (χ4v) is 2.48. The minimum Gasteiger partial charge on any atom is -0.273 e. The molecule has 1 heterocycles. The van der Waals surface area contributed by atoms with E-state index in [-0.39, 0.29) is 18.0 Å². The molecule has 0 aliphatic rings. The maximum atomic E-state index is 12.8. The molecule has 0 aromatic carbocycles. The zero-order valence-corrected chi connectivity index (χ0v) is 13.3. The fourth-order valence-electron chi connectivity index (χ4n) is 1.62. The van der Waals surface area contributed by atoms with Crippen molar-refractivity contribution in [2.24, 2.45) is 0 Å². The molecule has 1 aromatic rings. The molecule has 1 aromatic heterocycles. The lowest BCUT2D eigenvalue weighted by Crippen LogP contribution is -2.46. The van der Waals surface area contributed by atoms with Gasteiger partial charge >= 0.3 is 6.18 Å². The van der Waals surface area contributed by atoms with E-state index in [0.29, 0.717) is 29.2 Å². The van der Waals surface area contributed by atoms with Crippen LogP contribution in [0, 0.1) is 11.3 Å². The quantitative estimate of drug-likeness (QED) is 0.829. The number of nitrogens with zero attached hydrogens (tertiary/aromatic N) is 3. The molecule has 0 aliphatic heterocycles. The summed E-state index contributed by atoms with van der Waals surface area (Å²) in [6.07, 6.45) is -3.72. The molecule has 10 heteroatoms. The smallest absolute Gasteiger partial charge is 0.273 e. The number of aromatic nitrogens is 1. The second-order valence-electron chi connectivity index (χ2n) is 4.55. The van der Waals surface area contributed by atoms with Crippen molar-refractivity contribution >= 4 is 28.3 Å². The number of hydrogen-bond acceptors (Lipinski definition) is 5. The summed E-state index contributed by atoms with van der Waals surface area (Å²) in [7, 11) is 0. The Bertz CT molecular complexity index is 622. The molecule has 126 valence electrons. The summed E-state index contributed by atoms with van der Waals surface area (Å²) in [6.45, 7) is 3.46. The number of hydrazine groups is 1. The summed E-state index contributed by atoms with van der Waals surface area (Å²) in [5, 5.41) is 9.13. The van der Waals surface area contributed by atoms with E-state index in [0.717, 1.165) is 0 Å². The summed E-state index contributed by atoms with van der Waals surface area (Å²) >= 11 is 0.407. The molecular formula is C13H15F3N4O2S. The number of amides is 2. The molecule has 0 unspecified atom stereocenters. The van der Waals surface area contributed by atoms with Crippen molar-refractivity contribution < 1.29 is 22.8 Å². The van der Waals surface area contributed by atoms with E-state index < -0.39 is 28.6 Å². The van der Waals surface area contributed by atoms with Crippen molar-refractivity contribution in [2.75, 3.05) is 5.01 Å². The van der Waals surface area contributed by atoms with E-state index in [1.165, 1.54) is 6.07 Å². The molecular weight excluding hydrogens is 333 g/mol. The molecule has 0 aliphatic carbocycles. The van der Waals surface area contributed by atoms with Crippen molar-refractivity contribution in [3.8, 4) is 6.07 Å². The number of halogens is 3. The lowest BCUT2D eigenvalue weighted by molar-refractivity contribution is -0.141. The lowest BCUT2D eigenvalue weighted by Gasteiger charge is -2.20. The Kier molecular flexibility index (Phi) is 6.50. The van der Waals surface area contributed by atoms with Crippen LogP contribution in [0.15, 0.2) is 0 Å². The first-order valence-corrected chi connectivity index (χ1v) is 7.66. The van der Waals surface area contributed by atoms with Crippen molar-refractivity contribution in [3.05, 3.63) is 10.6 Å². The highest BCUT2D eigenvalue weighted by atomic mass is 32.1. The number of carbonyl (C=O) groups excluding carboxylic acids is 2. The number of anilines is 1. The molecule has 0 radical (unpaired) electrons. The maximum absolute atomic E-state index is 12.8. The van der Waals surface area contributed by atoms with Crippen LogP contribution in [0.4, 0.5) is 18.3 Å². The largest absolute Gasteiger partial charge is 0.435 e. The Balaban J connectivity index is 3.21. The van der Waals surface area contributed by atoms with Gasteiger partial charge in [0, 0.05) is 12.8 Å². The summed E-state index contributed by atoms with van der Waals surface area (Å²) < 4.78 is 38.5. The zero-order valence-electron chi connectivity index (χ0n) is 12.5. The van der Waals surface area contributed by atoms with Crippen molar-refractivity contribution in [1.82, 2.24) is 10.4 Å². The predicted molar refractivity (Wildman–Crippen MR) is 77.3 cm³/mol. The molecule has 0 saturated heterocycles. The normalized spacial score (nSPS) is 11.0. The molecule has 2 amide bonds. The molecule has 0 fully saturated rings. The van der Waals surface area contributed by atoms with Crippen LogP contribution in [0.1, 0.15) is 50.1 Å². The van der Waals surface area contributed by atoms with Crippen LogP contribution >= 0.6 is 11.3 Å². The highest BCUT2D eigenvalue weighted by Gasteiger charge is 2.39. The Morgan fingerprint density at radius 3 is 2.35 bits per heavy atom. The molecule has 1 rings (SSSR count). The van der Waals surface area contributed by atoms with Crippen LogP contribution in [0.3, 0.4) is 0 Å². The molecule has 23 heavy (non-hydrogen) atoms. The predicted octanol–water partition coefficient (Wildman–Crippen LogP) is 3.00. The van der Waals surface area contributed by atoms with Gasteiger partial charge < -0.3 is 0 Å². The van der Waals surface area contributed by atoms with Gasteiger partial charge in [0.05, 0.1) is 0 Å². The van der Waals surface area contributed by atoms with Gasteiger partial charge in [-0.2, -0.15) is 23.4 Å². The van der Waals surface area contributed by atoms with Gasteiger partial charge in [0.15, 0.2) is 5.69 Å². The van der Waals surface area contributed by atoms with Gasteiger partial charge in [-0.3, -0.25) is 15.0 Å². The number of hydrogen-bond donors (Lipinski definition) is 1. The fraction of sp³-hybridized carbons (Fsp3) is 0.538. The maximum Gasteiger partial charge on any atom is 0.435 e. The SMILES string of the molecule is CCCC(=O)NN(C(=O)CCC)c1nc(C(F)(F)F)c(C#N)s1. The number of thiazole rings is 1. The Hall–Kier alpha value is -2.15. The average Bonchev–Trinajstić information content (AvgIpc) is 2.89. The zero-order chi connectivity index (χ0) is 17.6. The van der Waals surface area contributed by atoms with Crippen molar-refractivity contribution in [3.63, 3.8) is 0 Å². The number of nitriles is 1. The number of carbonyl (C=O) groups is 2. The summed E-state index contributed by atoms with van der Waals surface area (Å²) in [4.78, 5) is 26.4. The van der Waals surface area contributed by atoms with Gasteiger partial charge in [-0.1, -0.05) is 25.2 Å². The van der Waals surface area contributed by atoms with Crippen LogP contribution in [-0.4, -0.2) is 16.8 Å². The first-order chi connectivity index (χ1) is 10.7. The molecule has 1 N–H and O–H groups in total. The first-order valence-electron chi connectivity index (χ1n) is 6.85. The third-order valence-electron chi connectivity index (χ3n) is 2.60. The van der Waals surface area contributed by atoms with Crippen molar-refractivity contribution in [1.29, 1.82) is 5.26 Å². The Labute approximate surface area is 134 Å². The Morgan fingerprint density at radius 2 is 1.91 bits per heavy atom. The average molecular weight is 348 g/mol. The second kappa shape index (κ2) is 7.92. The number of rotatable bonds is 5. The highest BCUT2D eigenvalue weighted by molar-refractivity contribution is 7.16. The molecule has 0 spiro atoms. The van der Waals surface area contributed by atoms with Crippen LogP contribution in [0.5, 0.6) is 0 Å². The van der Waals surface area contributed by atoms with Crippen LogP contribution in [0.2, 0.25) is 0 Å². The summed E-state index contributed by atoms with van der Waals surface area (Å²) in [5.74, 6) is -1.11. The molecule has 0 atom stereocenters. The Morgan fingerprint density at radius 1 is 1.30 bits per heavy atom. The van der Waals surface area contributed by atoms with E-state index in [4.69, 9.17) is 5.26 Å². The third kappa shape index (κ3) is 4.92. The van der Waals surface area contributed by atoms with E-state index in [9.17, 15) is 22.8 Å². The molecule has 0 bridgehead atoms. The van der Waals surface area contributed by atoms with Gasteiger partial charge in [-0.05, 0) is 12.8 Å². The second-order valence-corrected chi connectivity index (χ2v) is 5.53. The summed E-state index contributed by atoms with van der Waals surface area (Å²) in [6, 6.07) is 1.41. The minimum atomic E-state index is -4.81. The number of nitrogens with one attached hydrogen (secondary N) is 1. The van der Waals surface area contributed by atoms with Crippen LogP contribution in [-0.2, 0) is 15.8 Å². The van der Waals surface area contributed by atoms with E-state index >= 15 is 0 Å².